The van der Waals surface area contributed by atoms with Gasteiger partial charge in [0.15, 0.2) is 5.82 Å². The number of hydrogen-bond acceptors (Lipinski definition) is 4. The van der Waals surface area contributed by atoms with Crippen LogP contribution in [0.5, 0.6) is 6.01 Å². The van der Waals surface area contributed by atoms with Crippen LogP contribution >= 0.6 is 23.2 Å². The first-order valence-electron chi connectivity index (χ1n) is 5.64. The van der Waals surface area contributed by atoms with Crippen molar-refractivity contribution in [2.45, 2.75) is 25.7 Å². The van der Waals surface area contributed by atoms with E-state index in [1.54, 1.807) is 0 Å². The summed E-state index contributed by atoms with van der Waals surface area (Å²) in [4.78, 5) is 8.03. The molecule has 4 nitrogen and oxygen atoms in total. The maximum absolute atomic E-state index is 5.96. The number of alkyl halides is 1. The van der Waals surface area contributed by atoms with Crippen LogP contribution in [0.15, 0.2) is 6.20 Å². The van der Waals surface area contributed by atoms with E-state index in [2.05, 4.69) is 15.3 Å². The van der Waals surface area contributed by atoms with Gasteiger partial charge in [-0.05, 0) is 12.8 Å². The Kier molecular flexibility index (Phi) is 7.05. The highest BCUT2D eigenvalue weighted by atomic mass is 35.5. The molecule has 1 rings (SSSR count). The minimum Gasteiger partial charge on any atom is -0.467 e. The monoisotopic (exact) mass is 277 g/mol. The Morgan fingerprint density at radius 2 is 2.06 bits per heavy atom. The normalized spacial score (nSPS) is 10.3. The first-order chi connectivity index (χ1) is 8.27. The van der Waals surface area contributed by atoms with Gasteiger partial charge in [0.2, 0.25) is 0 Å². The van der Waals surface area contributed by atoms with Gasteiger partial charge in [-0.2, -0.15) is 4.98 Å². The summed E-state index contributed by atoms with van der Waals surface area (Å²) in [6.07, 6.45) is 5.98. The molecule has 0 spiro atoms. The summed E-state index contributed by atoms with van der Waals surface area (Å²) >= 11 is 11.6. The molecule has 0 saturated carbocycles. The molecule has 1 aromatic heterocycles. The summed E-state index contributed by atoms with van der Waals surface area (Å²) < 4.78 is 4.93. The van der Waals surface area contributed by atoms with Crippen LogP contribution in [0.4, 0.5) is 5.82 Å². The molecule has 0 saturated heterocycles. The number of nitrogens with one attached hydrogen (secondary N) is 1. The standard InChI is InChI=1S/C11H17Cl2N3O/c1-17-11-15-8-9(13)10(16-11)14-7-5-3-2-4-6-12/h8H,2-7H2,1H3,(H,14,15,16). The molecule has 1 heterocycles. The number of anilines is 1. The number of halogens is 2. The summed E-state index contributed by atoms with van der Waals surface area (Å²) in [6.45, 7) is 0.835. The van der Waals surface area contributed by atoms with Gasteiger partial charge in [-0.25, -0.2) is 4.98 Å². The zero-order valence-corrected chi connectivity index (χ0v) is 11.4. The van der Waals surface area contributed by atoms with Gasteiger partial charge in [-0.1, -0.05) is 24.4 Å². The van der Waals surface area contributed by atoms with Crippen LogP contribution in [-0.2, 0) is 0 Å². The summed E-state index contributed by atoms with van der Waals surface area (Å²) in [5.41, 5.74) is 0. The fourth-order valence-electron chi connectivity index (χ4n) is 1.35. The maximum Gasteiger partial charge on any atom is 0.318 e. The lowest BCUT2D eigenvalue weighted by atomic mass is 10.2. The van der Waals surface area contributed by atoms with Crippen molar-refractivity contribution < 1.29 is 4.74 Å². The van der Waals surface area contributed by atoms with Crippen LogP contribution in [0, 0.1) is 0 Å². The van der Waals surface area contributed by atoms with Crippen molar-refractivity contribution in [3.63, 3.8) is 0 Å². The average molecular weight is 278 g/mol. The largest absolute Gasteiger partial charge is 0.467 e. The Balaban J connectivity index is 2.30. The molecule has 0 aromatic carbocycles. The molecule has 0 fully saturated rings. The van der Waals surface area contributed by atoms with E-state index in [1.165, 1.54) is 13.3 Å². The molecule has 6 heteroatoms. The summed E-state index contributed by atoms with van der Waals surface area (Å²) in [6, 6.07) is 0.319. The molecule has 0 atom stereocenters. The van der Waals surface area contributed by atoms with Crippen molar-refractivity contribution >= 4 is 29.0 Å². The fraction of sp³-hybridized carbons (Fsp3) is 0.636. The van der Waals surface area contributed by atoms with Crippen LogP contribution in [0.2, 0.25) is 5.02 Å². The van der Waals surface area contributed by atoms with E-state index in [0.717, 1.165) is 38.1 Å². The van der Waals surface area contributed by atoms with Gasteiger partial charge in [0.1, 0.15) is 5.02 Å². The average Bonchev–Trinajstić information content (AvgIpc) is 2.35. The fourth-order valence-corrected chi connectivity index (χ4v) is 1.70. The zero-order valence-electron chi connectivity index (χ0n) is 9.88. The van der Waals surface area contributed by atoms with E-state index in [1.807, 2.05) is 0 Å². The number of aromatic nitrogens is 2. The maximum atomic E-state index is 5.96. The van der Waals surface area contributed by atoms with Crippen molar-refractivity contribution in [1.82, 2.24) is 9.97 Å². The van der Waals surface area contributed by atoms with Crippen molar-refractivity contribution in [2.24, 2.45) is 0 Å². The number of methoxy groups -OCH3 is 1. The van der Waals surface area contributed by atoms with Crippen LogP contribution in [0.3, 0.4) is 0 Å². The Morgan fingerprint density at radius 1 is 1.29 bits per heavy atom. The van der Waals surface area contributed by atoms with E-state index in [-0.39, 0.29) is 0 Å². The molecule has 0 unspecified atom stereocenters. The predicted octanol–water partition coefficient (Wildman–Crippen LogP) is 3.35. The SMILES string of the molecule is COc1ncc(Cl)c(NCCCCCCCl)n1. The lowest BCUT2D eigenvalue weighted by Gasteiger charge is -2.07. The molecule has 1 N–H and O–H groups in total. The smallest absolute Gasteiger partial charge is 0.318 e. The molecule has 96 valence electrons. The van der Waals surface area contributed by atoms with Crippen LogP contribution in [0.1, 0.15) is 25.7 Å². The predicted molar refractivity (Wildman–Crippen MR) is 71.3 cm³/mol. The number of nitrogens with zero attached hydrogens (tertiary/aromatic N) is 2. The number of rotatable bonds is 8. The molecule has 0 aliphatic heterocycles. The molecular weight excluding hydrogens is 261 g/mol. The lowest BCUT2D eigenvalue weighted by molar-refractivity contribution is 0.380. The molecule has 0 amide bonds. The molecule has 1 aromatic rings. The van der Waals surface area contributed by atoms with Crippen molar-refractivity contribution in [3.8, 4) is 6.01 Å². The third-order valence-electron chi connectivity index (χ3n) is 2.26. The van der Waals surface area contributed by atoms with Crippen molar-refractivity contribution in [3.05, 3.63) is 11.2 Å². The molecule has 0 bridgehead atoms. The quantitative estimate of drug-likeness (QED) is 0.585. The second-order valence-corrected chi connectivity index (χ2v) is 4.37. The van der Waals surface area contributed by atoms with E-state index < -0.39 is 0 Å². The van der Waals surface area contributed by atoms with Crippen LogP contribution in [0.25, 0.3) is 0 Å². The molecule has 17 heavy (non-hydrogen) atoms. The minimum absolute atomic E-state index is 0.319. The summed E-state index contributed by atoms with van der Waals surface area (Å²) in [5.74, 6) is 1.36. The second kappa shape index (κ2) is 8.37. The van der Waals surface area contributed by atoms with Gasteiger partial charge in [0, 0.05) is 12.4 Å². The number of unbranched alkanes of at least 4 members (excludes halogenated alkanes) is 3. The van der Waals surface area contributed by atoms with Gasteiger partial charge < -0.3 is 10.1 Å². The van der Waals surface area contributed by atoms with Gasteiger partial charge in [0.05, 0.1) is 13.3 Å². The van der Waals surface area contributed by atoms with Gasteiger partial charge in [-0.3, -0.25) is 0 Å². The zero-order chi connectivity index (χ0) is 12.5. The van der Waals surface area contributed by atoms with Crippen molar-refractivity contribution in [1.29, 1.82) is 0 Å². The third-order valence-corrected chi connectivity index (χ3v) is 2.80. The Labute approximate surface area is 112 Å². The first kappa shape index (κ1) is 14.3. The topological polar surface area (TPSA) is 47.0 Å². The van der Waals surface area contributed by atoms with Crippen molar-refractivity contribution in [2.75, 3.05) is 24.9 Å². The summed E-state index contributed by atoms with van der Waals surface area (Å²) in [7, 11) is 1.53. The van der Waals surface area contributed by atoms with E-state index in [0.29, 0.717) is 16.9 Å². The third kappa shape index (κ3) is 5.41. The van der Waals surface area contributed by atoms with E-state index >= 15 is 0 Å². The first-order valence-corrected chi connectivity index (χ1v) is 6.55. The van der Waals surface area contributed by atoms with Gasteiger partial charge in [0.25, 0.3) is 0 Å². The highest BCUT2D eigenvalue weighted by molar-refractivity contribution is 6.32. The highest BCUT2D eigenvalue weighted by Crippen LogP contribution is 2.20. The number of ether oxygens (including phenoxy) is 1. The Bertz CT molecular complexity index is 336. The van der Waals surface area contributed by atoms with Gasteiger partial charge in [-0.15, -0.1) is 11.6 Å². The van der Waals surface area contributed by atoms with Crippen LogP contribution in [-0.4, -0.2) is 29.5 Å². The Morgan fingerprint density at radius 3 is 2.76 bits per heavy atom. The second-order valence-electron chi connectivity index (χ2n) is 3.58. The number of hydrogen-bond donors (Lipinski definition) is 1. The lowest BCUT2D eigenvalue weighted by Crippen LogP contribution is -2.05. The van der Waals surface area contributed by atoms with Crippen LogP contribution < -0.4 is 10.1 Å². The molecule has 0 radical (unpaired) electrons. The minimum atomic E-state index is 0.319. The van der Waals surface area contributed by atoms with E-state index in [4.69, 9.17) is 27.9 Å². The Hall–Kier alpha value is -0.740. The molecule has 0 aliphatic rings. The summed E-state index contributed by atoms with van der Waals surface area (Å²) in [5, 5.41) is 3.67. The molecular formula is C11H17Cl2N3O. The van der Waals surface area contributed by atoms with Gasteiger partial charge >= 0.3 is 6.01 Å². The molecule has 0 aliphatic carbocycles. The van der Waals surface area contributed by atoms with E-state index in [9.17, 15) is 0 Å². The highest BCUT2D eigenvalue weighted by Gasteiger charge is 2.04.